The molecule has 1 aliphatic rings. The Labute approximate surface area is 72.4 Å². The highest BCUT2D eigenvalue weighted by molar-refractivity contribution is 5.68. The number of carbonyl (C=O) groups excluding carboxylic acids is 1. The van der Waals surface area contributed by atoms with Gasteiger partial charge in [0.25, 0.3) is 0 Å². The molecular formula is C8H14NO3. The molecule has 69 valence electrons. The van der Waals surface area contributed by atoms with Crippen LogP contribution >= 0.6 is 0 Å². The second-order valence-electron chi connectivity index (χ2n) is 2.76. The monoisotopic (exact) mass is 172 g/mol. The Balaban J connectivity index is 2.45. The molecule has 0 N–H and O–H groups in total. The van der Waals surface area contributed by atoms with Crippen LogP contribution in [-0.2, 0) is 9.47 Å². The van der Waals surface area contributed by atoms with Crippen LogP contribution in [0, 0.1) is 6.42 Å². The molecule has 4 nitrogen and oxygen atoms in total. The minimum atomic E-state index is -0.272. The van der Waals surface area contributed by atoms with E-state index in [9.17, 15) is 4.79 Å². The van der Waals surface area contributed by atoms with Gasteiger partial charge in [0.1, 0.15) is 0 Å². The number of hydrogen-bond acceptors (Lipinski definition) is 3. The number of ether oxygens (including phenoxy) is 2. The van der Waals surface area contributed by atoms with Crippen molar-refractivity contribution in [1.29, 1.82) is 0 Å². The van der Waals surface area contributed by atoms with Crippen LogP contribution in [0.2, 0.25) is 0 Å². The van der Waals surface area contributed by atoms with Gasteiger partial charge in [-0.25, -0.2) is 4.79 Å². The smallest absolute Gasteiger partial charge is 0.409 e. The minimum Gasteiger partial charge on any atom is -0.453 e. The van der Waals surface area contributed by atoms with E-state index in [2.05, 4.69) is 11.2 Å². The van der Waals surface area contributed by atoms with Gasteiger partial charge in [-0.05, 0) is 12.8 Å². The molecule has 0 bridgehead atoms. The summed E-state index contributed by atoms with van der Waals surface area (Å²) in [5.74, 6) is 0. The molecule has 1 fully saturated rings. The third-order valence-corrected chi connectivity index (χ3v) is 1.97. The van der Waals surface area contributed by atoms with Crippen LogP contribution in [0.5, 0.6) is 0 Å². The predicted octanol–water partition coefficient (Wildman–Crippen LogP) is 0.678. The van der Waals surface area contributed by atoms with Crippen LogP contribution in [0.1, 0.15) is 6.42 Å². The van der Waals surface area contributed by atoms with E-state index in [0.29, 0.717) is 13.2 Å². The lowest BCUT2D eigenvalue weighted by Gasteiger charge is -2.22. The molecule has 0 spiro atoms. The number of amides is 1. The van der Waals surface area contributed by atoms with Crippen LogP contribution in [0.4, 0.5) is 4.79 Å². The zero-order valence-electron chi connectivity index (χ0n) is 7.45. The summed E-state index contributed by atoms with van der Waals surface area (Å²) in [6.07, 6.45) is 2.68. The lowest BCUT2D eigenvalue weighted by Crippen LogP contribution is -2.37. The van der Waals surface area contributed by atoms with Crippen molar-refractivity contribution in [2.75, 3.05) is 27.4 Å². The summed E-state index contributed by atoms with van der Waals surface area (Å²) < 4.78 is 9.60. The van der Waals surface area contributed by atoms with Gasteiger partial charge in [-0.15, -0.1) is 0 Å². The molecule has 12 heavy (non-hydrogen) atoms. The third kappa shape index (κ3) is 1.88. The summed E-state index contributed by atoms with van der Waals surface area (Å²) in [6, 6.07) is 0.155. The maximum absolute atomic E-state index is 11.1. The second-order valence-corrected chi connectivity index (χ2v) is 2.76. The highest BCUT2D eigenvalue weighted by atomic mass is 16.5. The molecule has 0 aromatic rings. The number of hydrogen-bond donors (Lipinski definition) is 0. The van der Waals surface area contributed by atoms with E-state index >= 15 is 0 Å². The van der Waals surface area contributed by atoms with Crippen LogP contribution in [-0.4, -0.2) is 44.4 Å². The van der Waals surface area contributed by atoms with Crippen molar-refractivity contribution in [3.63, 3.8) is 0 Å². The van der Waals surface area contributed by atoms with Crippen LogP contribution in [0.25, 0.3) is 0 Å². The van der Waals surface area contributed by atoms with Crippen molar-refractivity contribution in [2.24, 2.45) is 0 Å². The number of nitrogens with zero attached hydrogens (tertiary/aromatic N) is 1. The fraction of sp³-hybridized carbons (Fsp3) is 0.750. The molecule has 4 heteroatoms. The normalized spacial score (nSPS) is 22.8. The summed E-state index contributed by atoms with van der Waals surface area (Å²) in [4.78, 5) is 12.8. The Morgan fingerprint density at radius 1 is 1.67 bits per heavy atom. The summed E-state index contributed by atoms with van der Waals surface area (Å²) in [5, 5.41) is 0. The number of methoxy groups -OCH3 is 2. The lowest BCUT2D eigenvalue weighted by atomic mass is 10.2. The zero-order chi connectivity index (χ0) is 8.97. The Morgan fingerprint density at radius 3 is 3.00 bits per heavy atom. The molecular weight excluding hydrogens is 158 g/mol. The third-order valence-electron chi connectivity index (χ3n) is 1.97. The maximum atomic E-state index is 11.1. The second kappa shape index (κ2) is 4.30. The highest BCUT2D eigenvalue weighted by Crippen LogP contribution is 2.16. The summed E-state index contributed by atoms with van der Waals surface area (Å²) in [5.41, 5.74) is 0. The quantitative estimate of drug-likeness (QED) is 0.614. The molecule has 1 radical (unpaired) electrons. The van der Waals surface area contributed by atoms with Gasteiger partial charge in [-0.1, -0.05) is 0 Å². The van der Waals surface area contributed by atoms with Crippen molar-refractivity contribution >= 4 is 6.09 Å². The SMILES string of the molecule is COCC1C[CH]CN1C(=O)OC. The van der Waals surface area contributed by atoms with Crippen molar-refractivity contribution in [3.8, 4) is 0 Å². The van der Waals surface area contributed by atoms with E-state index < -0.39 is 0 Å². The van der Waals surface area contributed by atoms with E-state index in [0.717, 1.165) is 6.42 Å². The predicted molar refractivity (Wildman–Crippen MR) is 43.7 cm³/mol. The summed E-state index contributed by atoms with van der Waals surface area (Å²) in [7, 11) is 3.03. The van der Waals surface area contributed by atoms with E-state index in [1.165, 1.54) is 7.11 Å². The maximum Gasteiger partial charge on any atom is 0.409 e. The molecule has 0 aromatic heterocycles. The molecule has 0 saturated carbocycles. The fourth-order valence-electron chi connectivity index (χ4n) is 1.37. The molecule has 1 saturated heterocycles. The van der Waals surface area contributed by atoms with Gasteiger partial charge >= 0.3 is 6.09 Å². The van der Waals surface area contributed by atoms with Gasteiger partial charge in [0.2, 0.25) is 0 Å². The van der Waals surface area contributed by atoms with Crippen molar-refractivity contribution < 1.29 is 14.3 Å². The van der Waals surface area contributed by atoms with Gasteiger partial charge < -0.3 is 14.4 Å². The van der Waals surface area contributed by atoms with Crippen molar-refractivity contribution in [3.05, 3.63) is 6.42 Å². The van der Waals surface area contributed by atoms with Crippen molar-refractivity contribution in [2.45, 2.75) is 12.5 Å². The molecule has 1 atom stereocenters. The number of carbonyl (C=O) groups is 1. The van der Waals surface area contributed by atoms with Gasteiger partial charge in [0, 0.05) is 13.7 Å². The average Bonchev–Trinajstić information content (AvgIpc) is 2.52. The van der Waals surface area contributed by atoms with Gasteiger partial charge in [0.05, 0.1) is 19.8 Å². The first kappa shape index (κ1) is 9.32. The largest absolute Gasteiger partial charge is 0.453 e. The summed E-state index contributed by atoms with van der Waals surface area (Å²) >= 11 is 0. The van der Waals surface area contributed by atoms with E-state index in [1.54, 1.807) is 12.0 Å². The molecule has 1 unspecified atom stereocenters. The Kier molecular flexibility index (Phi) is 3.34. The molecule has 0 aliphatic carbocycles. The lowest BCUT2D eigenvalue weighted by molar-refractivity contribution is 0.0873. The number of likely N-dealkylation sites (tertiary alicyclic amines) is 1. The van der Waals surface area contributed by atoms with E-state index in [1.807, 2.05) is 0 Å². The summed E-state index contributed by atoms with van der Waals surface area (Å²) in [6.45, 7) is 1.24. The molecule has 0 aromatic carbocycles. The van der Waals surface area contributed by atoms with Crippen LogP contribution in [0.15, 0.2) is 0 Å². The minimum absolute atomic E-state index is 0.155. The molecule has 1 amide bonds. The average molecular weight is 172 g/mol. The molecule has 1 heterocycles. The Bertz CT molecular complexity index is 160. The Hall–Kier alpha value is -0.770. The molecule has 1 rings (SSSR count). The first-order valence-corrected chi connectivity index (χ1v) is 3.94. The first-order valence-electron chi connectivity index (χ1n) is 3.94. The van der Waals surface area contributed by atoms with Gasteiger partial charge in [-0.2, -0.15) is 0 Å². The first-order chi connectivity index (χ1) is 5.79. The number of rotatable bonds is 2. The molecule has 1 aliphatic heterocycles. The Morgan fingerprint density at radius 2 is 2.42 bits per heavy atom. The topological polar surface area (TPSA) is 38.8 Å². The van der Waals surface area contributed by atoms with E-state index in [4.69, 9.17) is 4.74 Å². The van der Waals surface area contributed by atoms with Gasteiger partial charge in [0.15, 0.2) is 0 Å². The zero-order valence-corrected chi connectivity index (χ0v) is 7.45. The fourth-order valence-corrected chi connectivity index (χ4v) is 1.37. The van der Waals surface area contributed by atoms with Crippen LogP contribution < -0.4 is 0 Å². The van der Waals surface area contributed by atoms with Gasteiger partial charge in [-0.3, -0.25) is 0 Å². The van der Waals surface area contributed by atoms with Crippen molar-refractivity contribution in [1.82, 2.24) is 4.90 Å². The highest BCUT2D eigenvalue weighted by Gasteiger charge is 2.29. The van der Waals surface area contributed by atoms with E-state index in [-0.39, 0.29) is 12.1 Å². The van der Waals surface area contributed by atoms with Crippen LogP contribution in [0.3, 0.4) is 0 Å². The standard InChI is InChI=1S/C8H14NO3/c1-11-6-7-4-3-5-9(7)8(10)12-2/h3,7H,4-6H2,1-2H3.